The lowest BCUT2D eigenvalue weighted by Gasteiger charge is -2.20. The van der Waals surface area contributed by atoms with E-state index in [0.717, 1.165) is 29.6 Å². The van der Waals surface area contributed by atoms with E-state index in [0.29, 0.717) is 5.52 Å². The van der Waals surface area contributed by atoms with E-state index in [4.69, 9.17) is 0 Å². The highest BCUT2D eigenvalue weighted by Gasteiger charge is 2.04. The van der Waals surface area contributed by atoms with Gasteiger partial charge in [0.1, 0.15) is 11.3 Å². The fourth-order valence-corrected chi connectivity index (χ4v) is 2.90. The number of rotatable bonds is 5. The first kappa shape index (κ1) is 16.1. The molecule has 1 aromatic heterocycles. The Hall–Kier alpha value is -2.81. The van der Waals surface area contributed by atoms with Crippen molar-refractivity contribution in [1.29, 1.82) is 0 Å². The van der Waals surface area contributed by atoms with Crippen LogP contribution in [0.4, 0.5) is 5.69 Å². The minimum absolute atomic E-state index is 0.214. The fourth-order valence-electron chi connectivity index (χ4n) is 2.90. The maximum absolute atomic E-state index is 9.92. The highest BCUT2D eigenvalue weighted by atomic mass is 16.3. The van der Waals surface area contributed by atoms with Crippen molar-refractivity contribution < 1.29 is 5.11 Å². The maximum Gasteiger partial charge on any atom is 0.141 e. The van der Waals surface area contributed by atoms with E-state index in [-0.39, 0.29) is 5.75 Å². The number of hydrogen-bond donors (Lipinski definition) is 1. The standard InChI is InChI=1S/C21H22N2O/c1-3-23(4-2)18-12-8-16(9-13-18)7-10-17-11-14-20(24)21-19(17)6-5-15-22-21/h5-15,24H,3-4H2,1-2H3. The molecular weight excluding hydrogens is 296 g/mol. The van der Waals surface area contributed by atoms with Crippen molar-refractivity contribution >= 4 is 28.7 Å². The molecule has 1 N–H and O–H groups in total. The van der Waals surface area contributed by atoms with Crippen molar-refractivity contribution in [3.05, 3.63) is 65.9 Å². The molecule has 0 aliphatic carbocycles. The quantitative estimate of drug-likeness (QED) is 0.676. The van der Waals surface area contributed by atoms with E-state index in [1.807, 2.05) is 18.2 Å². The van der Waals surface area contributed by atoms with Crippen LogP contribution >= 0.6 is 0 Å². The van der Waals surface area contributed by atoms with Crippen LogP contribution < -0.4 is 4.90 Å². The second kappa shape index (κ2) is 7.18. The zero-order chi connectivity index (χ0) is 16.9. The molecule has 0 amide bonds. The predicted octanol–water partition coefficient (Wildman–Crippen LogP) is 4.96. The Morgan fingerprint density at radius 1 is 0.958 bits per heavy atom. The molecule has 0 aliphatic rings. The molecule has 0 aliphatic heterocycles. The van der Waals surface area contributed by atoms with Gasteiger partial charge in [0.05, 0.1) is 0 Å². The summed E-state index contributed by atoms with van der Waals surface area (Å²) in [6, 6.07) is 16.0. The smallest absolute Gasteiger partial charge is 0.141 e. The Balaban J connectivity index is 1.88. The molecule has 0 radical (unpaired) electrons. The number of phenolic OH excluding ortho intramolecular Hbond substituents is 1. The molecular formula is C21H22N2O. The maximum atomic E-state index is 9.92. The van der Waals surface area contributed by atoms with Crippen LogP contribution in [-0.4, -0.2) is 23.2 Å². The van der Waals surface area contributed by atoms with E-state index in [1.165, 1.54) is 5.69 Å². The van der Waals surface area contributed by atoms with Crippen LogP contribution in [0.3, 0.4) is 0 Å². The van der Waals surface area contributed by atoms with Crippen LogP contribution in [-0.2, 0) is 0 Å². The normalized spacial score (nSPS) is 11.2. The summed E-state index contributed by atoms with van der Waals surface area (Å²) < 4.78 is 0. The first-order valence-corrected chi connectivity index (χ1v) is 8.32. The monoisotopic (exact) mass is 318 g/mol. The van der Waals surface area contributed by atoms with Gasteiger partial charge in [0, 0.05) is 30.4 Å². The molecule has 24 heavy (non-hydrogen) atoms. The van der Waals surface area contributed by atoms with Gasteiger partial charge in [-0.15, -0.1) is 0 Å². The molecule has 0 saturated heterocycles. The van der Waals surface area contributed by atoms with Crippen molar-refractivity contribution in [3.63, 3.8) is 0 Å². The summed E-state index contributed by atoms with van der Waals surface area (Å²) in [6.45, 7) is 6.36. The second-order valence-electron chi connectivity index (χ2n) is 5.67. The van der Waals surface area contributed by atoms with Crippen LogP contribution in [0.25, 0.3) is 23.1 Å². The fraction of sp³-hybridized carbons (Fsp3) is 0.190. The first-order valence-electron chi connectivity index (χ1n) is 8.32. The zero-order valence-electron chi connectivity index (χ0n) is 14.1. The van der Waals surface area contributed by atoms with E-state index in [2.05, 4.69) is 60.1 Å². The minimum Gasteiger partial charge on any atom is -0.506 e. The summed E-state index contributed by atoms with van der Waals surface area (Å²) in [5, 5.41) is 10.9. The van der Waals surface area contributed by atoms with Gasteiger partial charge >= 0.3 is 0 Å². The molecule has 0 atom stereocenters. The largest absolute Gasteiger partial charge is 0.506 e. The van der Waals surface area contributed by atoms with Crippen LogP contribution in [0, 0.1) is 0 Å². The molecule has 0 saturated carbocycles. The molecule has 2 aromatic carbocycles. The number of fused-ring (bicyclic) bond motifs is 1. The van der Waals surface area contributed by atoms with Crippen LogP contribution in [0.2, 0.25) is 0 Å². The molecule has 3 rings (SSSR count). The number of phenols is 1. The Morgan fingerprint density at radius 2 is 1.71 bits per heavy atom. The van der Waals surface area contributed by atoms with Gasteiger partial charge in [-0.25, -0.2) is 0 Å². The Bertz CT molecular complexity index is 849. The number of aromatic nitrogens is 1. The lowest BCUT2D eigenvalue weighted by Crippen LogP contribution is -2.21. The predicted molar refractivity (Wildman–Crippen MR) is 102 cm³/mol. The average Bonchev–Trinajstić information content (AvgIpc) is 2.63. The number of aromatic hydroxyl groups is 1. The van der Waals surface area contributed by atoms with Crippen LogP contribution in [0.5, 0.6) is 5.75 Å². The van der Waals surface area contributed by atoms with Crippen molar-refractivity contribution in [2.45, 2.75) is 13.8 Å². The summed E-state index contributed by atoms with van der Waals surface area (Å²) >= 11 is 0. The molecule has 122 valence electrons. The van der Waals surface area contributed by atoms with Gasteiger partial charge in [-0.1, -0.05) is 36.4 Å². The van der Waals surface area contributed by atoms with Crippen LogP contribution in [0.1, 0.15) is 25.0 Å². The van der Waals surface area contributed by atoms with Gasteiger partial charge in [-0.05, 0) is 49.2 Å². The summed E-state index contributed by atoms with van der Waals surface area (Å²) in [7, 11) is 0. The first-order chi connectivity index (χ1) is 11.7. The minimum atomic E-state index is 0.214. The Morgan fingerprint density at radius 3 is 2.42 bits per heavy atom. The molecule has 3 aromatic rings. The van der Waals surface area contributed by atoms with Gasteiger partial charge in [0.2, 0.25) is 0 Å². The summed E-state index contributed by atoms with van der Waals surface area (Å²) in [4.78, 5) is 6.58. The van der Waals surface area contributed by atoms with Crippen molar-refractivity contribution in [2.75, 3.05) is 18.0 Å². The molecule has 3 nitrogen and oxygen atoms in total. The topological polar surface area (TPSA) is 36.4 Å². The number of nitrogens with zero attached hydrogens (tertiary/aromatic N) is 2. The SMILES string of the molecule is CCN(CC)c1ccc(C=Cc2ccc(O)c3ncccc23)cc1. The molecule has 0 unspecified atom stereocenters. The lowest BCUT2D eigenvalue weighted by molar-refractivity contribution is 0.480. The third-order valence-electron chi connectivity index (χ3n) is 4.26. The molecule has 3 heteroatoms. The number of pyridine rings is 1. The molecule has 0 fully saturated rings. The highest BCUT2D eigenvalue weighted by molar-refractivity contribution is 5.93. The van der Waals surface area contributed by atoms with Gasteiger partial charge in [0.25, 0.3) is 0 Å². The summed E-state index contributed by atoms with van der Waals surface area (Å²) in [5.41, 5.74) is 4.08. The Kier molecular flexibility index (Phi) is 4.80. The van der Waals surface area contributed by atoms with E-state index >= 15 is 0 Å². The molecule has 1 heterocycles. The summed E-state index contributed by atoms with van der Waals surface area (Å²) in [6.07, 6.45) is 5.85. The van der Waals surface area contributed by atoms with Gasteiger partial charge in [0.15, 0.2) is 0 Å². The van der Waals surface area contributed by atoms with Gasteiger partial charge in [-0.2, -0.15) is 0 Å². The molecule has 0 spiro atoms. The van der Waals surface area contributed by atoms with E-state index in [1.54, 1.807) is 12.3 Å². The van der Waals surface area contributed by atoms with Gasteiger partial charge < -0.3 is 10.0 Å². The second-order valence-corrected chi connectivity index (χ2v) is 5.67. The van der Waals surface area contributed by atoms with E-state index < -0.39 is 0 Å². The summed E-state index contributed by atoms with van der Waals surface area (Å²) in [5.74, 6) is 0.214. The number of anilines is 1. The van der Waals surface area contributed by atoms with Crippen molar-refractivity contribution in [3.8, 4) is 5.75 Å². The third-order valence-corrected chi connectivity index (χ3v) is 4.26. The van der Waals surface area contributed by atoms with Gasteiger partial charge in [-0.3, -0.25) is 4.98 Å². The molecule has 0 bridgehead atoms. The van der Waals surface area contributed by atoms with E-state index in [9.17, 15) is 5.11 Å². The average molecular weight is 318 g/mol. The Labute approximate surface area is 142 Å². The third kappa shape index (κ3) is 3.25. The van der Waals surface area contributed by atoms with Crippen LogP contribution in [0.15, 0.2) is 54.7 Å². The number of benzene rings is 2. The highest BCUT2D eigenvalue weighted by Crippen LogP contribution is 2.27. The van der Waals surface area contributed by atoms with Crippen molar-refractivity contribution in [1.82, 2.24) is 4.98 Å². The van der Waals surface area contributed by atoms with Crippen molar-refractivity contribution in [2.24, 2.45) is 0 Å². The number of hydrogen-bond acceptors (Lipinski definition) is 3. The zero-order valence-corrected chi connectivity index (χ0v) is 14.1. The lowest BCUT2D eigenvalue weighted by atomic mass is 10.1.